The maximum atomic E-state index is 11.1. The number of carbonyl (C=O) groups is 2. The van der Waals surface area contributed by atoms with E-state index in [4.69, 9.17) is 9.84 Å². The number of rotatable bonds is 4. The van der Waals surface area contributed by atoms with Crippen molar-refractivity contribution in [2.24, 2.45) is 10.8 Å². The number of carboxylic acids is 1. The molecule has 0 spiro atoms. The molecule has 0 fully saturated rings. The Morgan fingerprint density at radius 1 is 1.20 bits per heavy atom. The van der Waals surface area contributed by atoms with E-state index in [1.807, 2.05) is 20.8 Å². The summed E-state index contributed by atoms with van der Waals surface area (Å²) in [6, 6.07) is 0. The van der Waals surface area contributed by atoms with Crippen LogP contribution in [0.15, 0.2) is 0 Å². The summed E-state index contributed by atoms with van der Waals surface area (Å²) in [6.45, 7) is 8.68. The molecular formula is C11H20O4. The van der Waals surface area contributed by atoms with Gasteiger partial charge in [0.15, 0.2) is 0 Å². The van der Waals surface area contributed by atoms with Crippen molar-refractivity contribution in [1.82, 2.24) is 0 Å². The first-order chi connectivity index (χ1) is 6.57. The number of hydrogen-bond acceptors (Lipinski definition) is 3. The summed E-state index contributed by atoms with van der Waals surface area (Å²) in [5.74, 6) is -1.38. The van der Waals surface area contributed by atoms with Crippen molar-refractivity contribution >= 4 is 11.9 Å². The zero-order chi connectivity index (χ0) is 12.3. The molecule has 0 aliphatic rings. The molecule has 15 heavy (non-hydrogen) atoms. The van der Waals surface area contributed by atoms with E-state index in [1.54, 1.807) is 6.92 Å². The van der Waals surface area contributed by atoms with E-state index in [-0.39, 0.29) is 12.0 Å². The molecule has 0 aromatic rings. The molecule has 0 saturated carbocycles. The van der Waals surface area contributed by atoms with Crippen LogP contribution in [0.2, 0.25) is 0 Å². The Hall–Kier alpha value is -1.06. The van der Waals surface area contributed by atoms with Crippen LogP contribution in [0, 0.1) is 10.8 Å². The molecule has 88 valence electrons. The molecule has 0 rings (SSSR count). The van der Waals surface area contributed by atoms with Gasteiger partial charge in [-0.05, 0) is 18.8 Å². The maximum absolute atomic E-state index is 11.1. The van der Waals surface area contributed by atoms with Crippen LogP contribution < -0.4 is 0 Å². The highest BCUT2D eigenvalue weighted by Crippen LogP contribution is 2.34. The molecule has 1 unspecified atom stereocenters. The fourth-order valence-electron chi connectivity index (χ4n) is 1.62. The molecular weight excluding hydrogens is 196 g/mol. The summed E-state index contributed by atoms with van der Waals surface area (Å²) in [5.41, 5.74) is -1.13. The lowest BCUT2D eigenvalue weighted by Crippen LogP contribution is -2.37. The van der Waals surface area contributed by atoms with Crippen molar-refractivity contribution in [3.63, 3.8) is 0 Å². The van der Waals surface area contributed by atoms with Gasteiger partial charge in [0.05, 0.1) is 5.41 Å². The quantitative estimate of drug-likeness (QED) is 0.731. The summed E-state index contributed by atoms with van der Waals surface area (Å²) in [4.78, 5) is 21.8. The molecule has 1 atom stereocenters. The number of hydrogen-bond donors (Lipinski definition) is 1. The van der Waals surface area contributed by atoms with Crippen molar-refractivity contribution < 1.29 is 19.4 Å². The van der Waals surface area contributed by atoms with Gasteiger partial charge in [-0.3, -0.25) is 9.59 Å². The molecule has 0 aliphatic carbocycles. The first kappa shape index (κ1) is 13.9. The topological polar surface area (TPSA) is 63.6 Å². The van der Waals surface area contributed by atoms with Crippen LogP contribution in [0.1, 0.15) is 41.0 Å². The second kappa shape index (κ2) is 4.64. The first-order valence-electron chi connectivity index (χ1n) is 4.94. The maximum Gasteiger partial charge on any atom is 0.312 e. The summed E-state index contributed by atoms with van der Waals surface area (Å²) in [7, 11) is 0. The van der Waals surface area contributed by atoms with Gasteiger partial charge in [-0.2, -0.15) is 0 Å². The Balaban J connectivity index is 4.60. The van der Waals surface area contributed by atoms with Crippen molar-refractivity contribution in [1.29, 1.82) is 0 Å². The predicted molar refractivity (Wildman–Crippen MR) is 56.4 cm³/mol. The van der Waals surface area contributed by atoms with E-state index in [2.05, 4.69) is 0 Å². The van der Waals surface area contributed by atoms with Gasteiger partial charge in [0.25, 0.3) is 0 Å². The number of esters is 1. The second-order valence-electron chi connectivity index (χ2n) is 5.38. The number of carbonyl (C=O) groups excluding carboxylic acids is 1. The molecule has 0 amide bonds. The number of carboxylic acid groups (broad SMARTS) is 1. The van der Waals surface area contributed by atoms with Gasteiger partial charge < -0.3 is 9.84 Å². The average Bonchev–Trinajstić information content (AvgIpc) is 1.97. The summed E-state index contributed by atoms with van der Waals surface area (Å²) >= 11 is 0. The Morgan fingerprint density at radius 3 is 1.93 bits per heavy atom. The highest BCUT2D eigenvalue weighted by molar-refractivity contribution is 5.75. The third-order valence-electron chi connectivity index (χ3n) is 2.03. The molecule has 0 aromatic carbocycles. The molecule has 1 N–H and O–H groups in total. The SMILES string of the molecule is CC(=O)OCC(C)(CC(C)(C)C)C(=O)O. The molecule has 0 aromatic heterocycles. The third kappa shape index (κ3) is 5.40. The van der Waals surface area contributed by atoms with Gasteiger partial charge in [-0.1, -0.05) is 20.8 Å². The monoisotopic (exact) mass is 216 g/mol. The van der Waals surface area contributed by atoms with Crippen LogP contribution in [-0.4, -0.2) is 23.7 Å². The number of aliphatic carboxylic acids is 1. The van der Waals surface area contributed by atoms with Crippen LogP contribution in [0.25, 0.3) is 0 Å². The Morgan fingerprint density at radius 2 is 1.67 bits per heavy atom. The average molecular weight is 216 g/mol. The van der Waals surface area contributed by atoms with Gasteiger partial charge in [-0.15, -0.1) is 0 Å². The fourth-order valence-corrected chi connectivity index (χ4v) is 1.62. The van der Waals surface area contributed by atoms with Crippen LogP contribution in [0.5, 0.6) is 0 Å². The Labute approximate surface area is 90.6 Å². The normalized spacial score (nSPS) is 15.5. The lowest BCUT2D eigenvalue weighted by atomic mass is 9.75. The van der Waals surface area contributed by atoms with E-state index in [1.165, 1.54) is 6.92 Å². The van der Waals surface area contributed by atoms with E-state index in [0.29, 0.717) is 6.42 Å². The van der Waals surface area contributed by atoms with E-state index in [0.717, 1.165) is 0 Å². The minimum Gasteiger partial charge on any atom is -0.481 e. The van der Waals surface area contributed by atoms with Gasteiger partial charge in [0, 0.05) is 6.92 Å². The molecule has 0 saturated heterocycles. The number of ether oxygens (including phenoxy) is 1. The van der Waals surface area contributed by atoms with Crippen LogP contribution in [-0.2, 0) is 14.3 Å². The fraction of sp³-hybridized carbons (Fsp3) is 0.818. The Kier molecular flexibility index (Phi) is 4.31. The highest BCUT2D eigenvalue weighted by Gasteiger charge is 2.38. The minimum absolute atomic E-state index is 0.0745. The molecule has 0 aliphatic heterocycles. The zero-order valence-corrected chi connectivity index (χ0v) is 10.1. The molecule has 0 heterocycles. The lowest BCUT2D eigenvalue weighted by molar-refractivity contribution is -0.159. The first-order valence-corrected chi connectivity index (χ1v) is 4.94. The van der Waals surface area contributed by atoms with E-state index in [9.17, 15) is 9.59 Å². The molecule has 0 bridgehead atoms. The van der Waals surface area contributed by atoms with E-state index >= 15 is 0 Å². The summed E-state index contributed by atoms with van der Waals surface area (Å²) in [6.07, 6.45) is 0.461. The van der Waals surface area contributed by atoms with Crippen LogP contribution in [0.3, 0.4) is 0 Å². The molecule has 4 nitrogen and oxygen atoms in total. The summed E-state index contributed by atoms with van der Waals surface area (Å²) in [5, 5.41) is 9.12. The standard InChI is InChI=1S/C11H20O4/c1-8(12)15-7-11(5,9(13)14)6-10(2,3)4/h6-7H2,1-5H3,(H,13,14). The largest absolute Gasteiger partial charge is 0.481 e. The second-order valence-corrected chi connectivity index (χ2v) is 5.38. The van der Waals surface area contributed by atoms with Crippen molar-refractivity contribution in [3.05, 3.63) is 0 Å². The van der Waals surface area contributed by atoms with Gasteiger partial charge >= 0.3 is 11.9 Å². The van der Waals surface area contributed by atoms with Crippen molar-refractivity contribution in [2.75, 3.05) is 6.61 Å². The third-order valence-corrected chi connectivity index (χ3v) is 2.03. The van der Waals surface area contributed by atoms with E-state index < -0.39 is 17.4 Å². The highest BCUT2D eigenvalue weighted by atomic mass is 16.5. The van der Waals surface area contributed by atoms with Crippen molar-refractivity contribution in [2.45, 2.75) is 41.0 Å². The van der Waals surface area contributed by atoms with Crippen LogP contribution in [0.4, 0.5) is 0 Å². The molecule has 4 heteroatoms. The van der Waals surface area contributed by atoms with Gasteiger partial charge in [0.1, 0.15) is 6.61 Å². The summed E-state index contributed by atoms with van der Waals surface area (Å²) < 4.78 is 4.79. The van der Waals surface area contributed by atoms with Gasteiger partial charge in [0.2, 0.25) is 0 Å². The zero-order valence-electron chi connectivity index (χ0n) is 10.1. The smallest absolute Gasteiger partial charge is 0.312 e. The predicted octanol–water partition coefficient (Wildman–Crippen LogP) is 2.08. The molecule has 0 radical (unpaired) electrons. The minimum atomic E-state index is -1.01. The van der Waals surface area contributed by atoms with Gasteiger partial charge in [-0.25, -0.2) is 0 Å². The lowest BCUT2D eigenvalue weighted by Gasteiger charge is -2.31. The van der Waals surface area contributed by atoms with Crippen molar-refractivity contribution in [3.8, 4) is 0 Å². The Bertz CT molecular complexity index is 252. The van der Waals surface area contributed by atoms with Crippen LogP contribution >= 0.6 is 0 Å².